The van der Waals surface area contributed by atoms with E-state index in [9.17, 15) is 9.59 Å². The molecule has 5 heteroatoms. The van der Waals surface area contributed by atoms with E-state index >= 15 is 0 Å². The second-order valence-corrected chi connectivity index (χ2v) is 1.83. The van der Waals surface area contributed by atoms with E-state index < -0.39 is 11.9 Å². The standard InChI is InChI=1S/C7H10O5/c1-3-4-10-5-7(9)12-11-6(2)8/h3H,1,4-5H2,2H3. The molecule has 0 rings (SSSR count). The smallest absolute Gasteiger partial charge is 0.366 e. The summed E-state index contributed by atoms with van der Waals surface area (Å²) in [5, 5.41) is 0. The van der Waals surface area contributed by atoms with Gasteiger partial charge in [0.1, 0.15) is 6.61 Å². The monoisotopic (exact) mass is 174 g/mol. The second-order valence-electron chi connectivity index (χ2n) is 1.83. The molecule has 0 aromatic carbocycles. The fraction of sp³-hybridized carbons (Fsp3) is 0.429. The molecule has 0 unspecified atom stereocenters. The first kappa shape index (κ1) is 10.6. The Morgan fingerprint density at radius 2 is 2.08 bits per heavy atom. The van der Waals surface area contributed by atoms with Gasteiger partial charge in [-0.3, -0.25) is 0 Å². The summed E-state index contributed by atoms with van der Waals surface area (Å²) in [6, 6.07) is 0. The lowest BCUT2D eigenvalue weighted by atomic mass is 10.7. The number of carbonyl (C=O) groups is 2. The summed E-state index contributed by atoms with van der Waals surface area (Å²) >= 11 is 0. The molecular formula is C7H10O5. The van der Waals surface area contributed by atoms with Crippen LogP contribution in [0.25, 0.3) is 0 Å². The molecule has 0 aliphatic carbocycles. The molecule has 0 amide bonds. The topological polar surface area (TPSA) is 61.8 Å². The maximum absolute atomic E-state index is 10.6. The van der Waals surface area contributed by atoms with Gasteiger partial charge in [0.2, 0.25) is 0 Å². The normalized spacial score (nSPS) is 8.75. The van der Waals surface area contributed by atoms with Crippen molar-refractivity contribution in [1.29, 1.82) is 0 Å². The van der Waals surface area contributed by atoms with Gasteiger partial charge in [-0.25, -0.2) is 19.4 Å². The Morgan fingerprint density at radius 3 is 2.58 bits per heavy atom. The summed E-state index contributed by atoms with van der Waals surface area (Å²) in [5.74, 6) is -1.45. The fourth-order valence-corrected chi connectivity index (χ4v) is 0.355. The Morgan fingerprint density at radius 1 is 1.42 bits per heavy atom. The third kappa shape index (κ3) is 6.76. The van der Waals surface area contributed by atoms with E-state index in [-0.39, 0.29) is 13.2 Å². The molecule has 0 aromatic rings. The maximum atomic E-state index is 10.6. The predicted octanol–water partition coefficient (Wildman–Crippen LogP) is 0.210. The summed E-state index contributed by atoms with van der Waals surface area (Å²) in [7, 11) is 0. The summed E-state index contributed by atoms with van der Waals surface area (Å²) < 4.78 is 4.69. The highest BCUT2D eigenvalue weighted by atomic mass is 17.2. The minimum absolute atomic E-state index is 0.245. The molecule has 0 saturated heterocycles. The molecule has 12 heavy (non-hydrogen) atoms. The van der Waals surface area contributed by atoms with Crippen molar-refractivity contribution in [2.75, 3.05) is 13.2 Å². The molecule has 0 aromatic heterocycles. The number of hydrogen-bond acceptors (Lipinski definition) is 5. The molecule has 0 spiro atoms. The molecule has 0 radical (unpaired) electrons. The highest BCUT2D eigenvalue weighted by Gasteiger charge is 2.04. The maximum Gasteiger partial charge on any atom is 0.380 e. The van der Waals surface area contributed by atoms with E-state index in [1.807, 2.05) is 0 Å². The number of hydrogen-bond donors (Lipinski definition) is 0. The number of rotatable bonds is 4. The fourth-order valence-electron chi connectivity index (χ4n) is 0.355. The Kier molecular flexibility index (Phi) is 5.64. The van der Waals surface area contributed by atoms with Crippen LogP contribution in [-0.2, 0) is 24.1 Å². The molecule has 5 nitrogen and oxygen atoms in total. The second kappa shape index (κ2) is 6.36. The van der Waals surface area contributed by atoms with Crippen LogP contribution in [0, 0.1) is 0 Å². The lowest BCUT2D eigenvalue weighted by Gasteiger charge is -2.00. The molecule has 0 bridgehead atoms. The highest BCUT2D eigenvalue weighted by Crippen LogP contribution is 1.84. The number of carbonyl (C=O) groups excluding carboxylic acids is 2. The zero-order chi connectivity index (χ0) is 9.40. The van der Waals surface area contributed by atoms with Crippen molar-refractivity contribution in [2.45, 2.75) is 6.92 Å². The van der Waals surface area contributed by atoms with E-state index in [4.69, 9.17) is 4.74 Å². The van der Waals surface area contributed by atoms with Gasteiger partial charge >= 0.3 is 11.9 Å². The minimum Gasteiger partial charge on any atom is -0.366 e. The van der Waals surface area contributed by atoms with Crippen molar-refractivity contribution in [3.8, 4) is 0 Å². The van der Waals surface area contributed by atoms with Gasteiger partial charge in [0, 0.05) is 6.92 Å². The van der Waals surface area contributed by atoms with Gasteiger partial charge in [-0.15, -0.1) is 6.58 Å². The first-order chi connectivity index (χ1) is 5.66. The molecular weight excluding hydrogens is 164 g/mol. The lowest BCUT2D eigenvalue weighted by molar-refractivity contribution is -0.259. The van der Waals surface area contributed by atoms with Crippen molar-refractivity contribution < 1.29 is 24.1 Å². The molecule has 0 atom stereocenters. The average Bonchev–Trinajstić information content (AvgIpc) is 2.01. The van der Waals surface area contributed by atoms with Crippen molar-refractivity contribution in [3.63, 3.8) is 0 Å². The van der Waals surface area contributed by atoms with E-state index in [0.29, 0.717) is 0 Å². The summed E-state index contributed by atoms with van der Waals surface area (Å²) in [5.41, 5.74) is 0. The third-order valence-electron chi connectivity index (χ3n) is 0.708. The Labute approximate surface area is 69.8 Å². The van der Waals surface area contributed by atoms with Crippen LogP contribution in [0.15, 0.2) is 12.7 Å². The molecule has 0 heterocycles. The Balaban J connectivity index is 3.33. The van der Waals surface area contributed by atoms with Gasteiger partial charge in [0.15, 0.2) is 0 Å². The largest absolute Gasteiger partial charge is 0.380 e. The van der Waals surface area contributed by atoms with Crippen LogP contribution in [0.3, 0.4) is 0 Å². The van der Waals surface area contributed by atoms with Crippen molar-refractivity contribution >= 4 is 11.9 Å². The van der Waals surface area contributed by atoms with Crippen LogP contribution in [0.4, 0.5) is 0 Å². The van der Waals surface area contributed by atoms with Gasteiger partial charge in [0.25, 0.3) is 0 Å². The van der Waals surface area contributed by atoms with E-state index in [0.717, 1.165) is 6.92 Å². The Bertz CT molecular complexity index is 175. The lowest BCUT2D eigenvalue weighted by Crippen LogP contribution is -2.14. The highest BCUT2D eigenvalue weighted by molar-refractivity contribution is 5.72. The first-order valence-corrected chi connectivity index (χ1v) is 3.23. The van der Waals surface area contributed by atoms with Crippen LogP contribution < -0.4 is 0 Å². The summed E-state index contributed by atoms with van der Waals surface area (Å²) in [6.07, 6.45) is 1.49. The average molecular weight is 174 g/mol. The van der Waals surface area contributed by atoms with Gasteiger partial charge in [-0.05, 0) is 0 Å². The van der Waals surface area contributed by atoms with Crippen LogP contribution in [-0.4, -0.2) is 25.2 Å². The van der Waals surface area contributed by atoms with Crippen LogP contribution >= 0.6 is 0 Å². The van der Waals surface area contributed by atoms with Crippen LogP contribution in [0.2, 0.25) is 0 Å². The van der Waals surface area contributed by atoms with Gasteiger partial charge in [-0.1, -0.05) is 6.08 Å². The van der Waals surface area contributed by atoms with Crippen molar-refractivity contribution in [2.24, 2.45) is 0 Å². The van der Waals surface area contributed by atoms with Crippen LogP contribution in [0.1, 0.15) is 6.92 Å². The van der Waals surface area contributed by atoms with Gasteiger partial charge < -0.3 is 4.74 Å². The quantitative estimate of drug-likeness (QED) is 0.264. The third-order valence-corrected chi connectivity index (χ3v) is 0.708. The number of ether oxygens (including phenoxy) is 1. The van der Waals surface area contributed by atoms with Crippen molar-refractivity contribution in [1.82, 2.24) is 0 Å². The minimum atomic E-state index is -0.757. The Hall–Kier alpha value is -1.36. The van der Waals surface area contributed by atoms with E-state index in [2.05, 4.69) is 16.4 Å². The molecule has 0 saturated carbocycles. The van der Waals surface area contributed by atoms with Gasteiger partial charge in [-0.2, -0.15) is 0 Å². The first-order valence-electron chi connectivity index (χ1n) is 3.23. The van der Waals surface area contributed by atoms with Crippen molar-refractivity contribution in [3.05, 3.63) is 12.7 Å². The summed E-state index contributed by atoms with van der Waals surface area (Å²) in [6.45, 7) is 4.47. The summed E-state index contributed by atoms with van der Waals surface area (Å²) in [4.78, 5) is 28.6. The van der Waals surface area contributed by atoms with E-state index in [1.165, 1.54) is 6.08 Å². The molecule has 68 valence electrons. The predicted molar refractivity (Wildman–Crippen MR) is 38.9 cm³/mol. The molecule has 0 N–H and O–H groups in total. The SMILES string of the molecule is C=CCOCC(=O)OOC(C)=O. The van der Waals surface area contributed by atoms with Crippen LogP contribution in [0.5, 0.6) is 0 Å². The van der Waals surface area contributed by atoms with Gasteiger partial charge in [0.05, 0.1) is 6.61 Å². The molecule has 0 aliphatic rings. The molecule has 0 fully saturated rings. The zero-order valence-electron chi connectivity index (χ0n) is 6.74. The van der Waals surface area contributed by atoms with E-state index in [1.54, 1.807) is 0 Å². The molecule has 0 aliphatic heterocycles. The zero-order valence-corrected chi connectivity index (χ0v) is 6.74.